The minimum absolute atomic E-state index is 0.274. The van der Waals surface area contributed by atoms with Crippen molar-refractivity contribution in [2.75, 3.05) is 0 Å². The fraction of sp³-hybridized carbons (Fsp3) is 0.0667. The number of carbonyl (C=O) groups excluding carboxylic acids is 1. The number of hydrogen-bond acceptors (Lipinski definition) is 6. The number of nitrogens with one attached hydrogen (secondary N) is 1. The summed E-state index contributed by atoms with van der Waals surface area (Å²) in [4.78, 5) is 23.5. The summed E-state index contributed by atoms with van der Waals surface area (Å²) in [6.45, 7) is 1.12. The molecule has 3 heterocycles. The molecular weight excluding hydrogens is 316 g/mol. The van der Waals surface area contributed by atoms with Gasteiger partial charge in [0.05, 0.1) is 5.69 Å². The minimum atomic E-state index is -4.12. The van der Waals surface area contributed by atoms with E-state index in [4.69, 9.17) is 0 Å². The van der Waals surface area contributed by atoms with Crippen molar-refractivity contribution in [2.45, 2.75) is 11.9 Å². The Hall–Kier alpha value is -2.87. The standard InChI is InChI=1S/C15H12N4O3S/c1-10(20)19-23(21,22)15-12(13-6-2-3-7-16-13)9-11-5-4-8-17-14(11)18-15/h2-9H,1H3,(H,19,20). The molecule has 0 radical (unpaired) electrons. The molecule has 7 nitrogen and oxygen atoms in total. The predicted molar refractivity (Wildman–Crippen MR) is 83.8 cm³/mol. The van der Waals surface area contributed by atoms with Gasteiger partial charge in [-0.15, -0.1) is 0 Å². The number of nitrogens with zero attached hydrogens (tertiary/aromatic N) is 3. The molecule has 0 aliphatic rings. The monoisotopic (exact) mass is 328 g/mol. The van der Waals surface area contributed by atoms with Crippen LogP contribution in [0.25, 0.3) is 22.3 Å². The molecule has 3 aromatic rings. The predicted octanol–water partition coefficient (Wildman–Crippen LogP) is 1.52. The van der Waals surface area contributed by atoms with Gasteiger partial charge in [0.2, 0.25) is 5.91 Å². The third kappa shape index (κ3) is 3.02. The second-order valence-corrected chi connectivity index (χ2v) is 6.37. The summed E-state index contributed by atoms with van der Waals surface area (Å²) in [5.74, 6) is -0.695. The summed E-state index contributed by atoms with van der Waals surface area (Å²) >= 11 is 0. The van der Waals surface area contributed by atoms with Crippen LogP contribution in [0, 0.1) is 0 Å². The van der Waals surface area contributed by atoms with Crippen LogP contribution in [0.4, 0.5) is 0 Å². The second-order valence-electron chi connectivity index (χ2n) is 4.77. The molecule has 0 aliphatic heterocycles. The maximum Gasteiger partial charge on any atom is 0.282 e. The van der Waals surface area contributed by atoms with E-state index in [-0.39, 0.29) is 10.7 Å². The van der Waals surface area contributed by atoms with Crippen LogP contribution < -0.4 is 4.72 Å². The molecule has 0 spiro atoms. The maximum absolute atomic E-state index is 12.4. The lowest BCUT2D eigenvalue weighted by Gasteiger charge is -2.10. The number of fused-ring (bicyclic) bond motifs is 1. The maximum atomic E-state index is 12.4. The van der Waals surface area contributed by atoms with Crippen LogP contribution in [-0.2, 0) is 14.8 Å². The van der Waals surface area contributed by atoms with Crippen LogP contribution >= 0.6 is 0 Å². The molecule has 3 aromatic heterocycles. The molecule has 0 saturated heterocycles. The van der Waals surface area contributed by atoms with Gasteiger partial charge < -0.3 is 0 Å². The smallest absolute Gasteiger partial charge is 0.274 e. The Labute approximate surface area is 132 Å². The molecule has 1 N–H and O–H groups in total. The lowest BCUT2D eigenvalue weighted by atomic mass is 10.1. The molecule has 0 fully saturated rings. The fourth-order valence-electron chi connectivity index (χ4n) is 2.14. The van der Waals surface area contributed by atoms with E-state index < -0.39 is 15.9 Å². The van der Waals surface area contributed by atoms with Gasteiger partial charge in [0, 0.05) is 30.3 Å². The molecule has 0 bridgehead atoms. The number of pyridine rings is 3. The van der Waals surface area contributed by atoms with Crippen LogP contribution in [0.5, 0.6) is 0 Å². The SMILES string of the molecule is CC(=O)NS(=O)(=O)c1nc2ncccc2cc1-c1ccccn1. The fourth-order valence-corrected chi connectivity index (χ4v) is 3.27. The van der Waals surface area contributed by atoms with Crippen molar-refractivity contribution in [3.63, 3.8) is 0 Å². The van der Waals surface area contributed by atoms with E-state index in [1.807, 2.05) is 4.72 Å². The Morgan fingerprint density at radius 3 is 2.57 bits per heavy atom. The zero-order chi connectivity index (χ0) is 16.4. The Morgan fingerprint density at radius 2 is 1.87 bits per heavy atom. The highest BCUT2D eigenvalue weighted by atomic mass is 32.2. The van der Waals surface area contributed by atoms with Crippen molar-refractivity contribution in [3.05, 3.63) is 48.8 Å². The second kappa shape index (κ2) is 5.73. The average Bonchev–Trinajstić information content (AvgIpc) is 2.53. The Bertz CT molecular complexity index is 988. The van der Waals surface area contributed by atoms with Gasteiger partial charge in [0.25, 0.3) is 10.0 Å². The quantitative estimate of drug-likeness (QED) is 0.782. The zero-order valence-electron chi connectivity index (χ0n) is 12.1. The van der Waals surface area contributed by atoms with E-state index in [0.717, 1.165) is 6.92 Å². The summed E-state index contributed by atoms with van der Waals surface area (Å²) in [6.07, 6.45) is 3.07. The molecule has 23 heavy (non-hydrogen) atoms. The van der Waals surface area contributed by atoms with Crippen LogP contribution in [0.15, 0.2) is 53.8 Å². The summed E-state index contributed by atoms with van der Waals surface area (Å²) in [5.41, 5.74) is 1.02. The van der Waals surface area contributed by atoms with Crippen LogP contribution in [0.2, 0.25) is 0 Å². The first-order chi connectivity index (χ1) is 11.0. The topological polar surface area (TPSA) is 102 Å². The number of amides is 1. The van der Waals surface area contributed by atoms with E-state index in [0.29, 0.717) is 16.6 Å². The highest BCUT2D eigenvalue weighted by Gasteiger charge is 2.24. The average molecular weight is 328 g/mol. The van der Waals surface area contributed by atoms with Gasteiger partial charge in [-0.25, -0.2) is 14.7 Å². The molecular formula is C15H12N4O3S. The lowest BCUT2D eigenvalue weighted by Crippen LogP contribution is -2.29. The molecule has 0 unspecified atom stereocenters. The van der Waals surface area contributed by atoms with Crippen LogP contribution in [0.3, 0.4) is 0 Å². The van der Waals surface area contributed by atoms with E-state index in [9.17, 15) is 13.2 Å². The number of aromatic nitrogens is 3. The largest absolute Gasteiger partial charge is 0.282 e. The van der Waals surface area contributed by atoms with E-state index in [2.05, 4.69) is 15.0 Å². The lowest BCUT2D eigenvalue weighted by molar-refractivity contribution is -0.117. The van der Waals surface area contributed by atoms with Gasteiger partial charge in [-0.2, -0.15) is 8.42 Å². The first-order valence-corrected chi connectivity index (χ1v) is 8.16. The van der Waals surface area contributed by atoms with Crippen molar-refractivity contribution in [2.24, 2.45) is 0 Å². The van der Waals surface area contributed by atoms with Crippen molar-refractivity contribution in [1.82, 2.24) is 19.7 Å². The first kappa shape index (κ1) is 15.0. The Kier molecular flexibility index (Phi) is 3.75. The summed E-state index contributed by atoms with van der Waals surface area (Å²) in [6, 6.07) is 10.3. The number of hydrogen-bond donors (Lipinski definition) is 1. The van der Waals surface area contributed by atoms with Crippen molar-refractivity contribution in [1.29, 1.82) is 0 Å². The van der Waals surface area contributed by atoms with Gasteiger partial charge in [-0.05, 0) is 30.3 Å². The normalized spacial score (nSPS) is 11.3. The van der Waals surface area contributed by atoms with Crippen molar-refractivity contribution >= 4 is 27.0 Å². The molecule has 0 aliphatic carbocycles. The summed E-state index contributed by atoms with van der Waals surface area (Å²) in [7, 11) is -4.12. The van der Waals surface area contributed by atoms with Gasteiger partial charge in [0.1, 0.15) is 0 Å². The number of rotatable bonds is 3. The minimum Gasteiger partial charge on any atom is -0.274 e. The molecule has 116 valence electrons. The van der Waals surface area contributed by atoms with Gasteiger partial charge >= 0.3 is 0 Å². The summed E-state index contributed by atoms with van der Waals surface area (Å²) in [5, 5.41) is 0.396. The van der Waals surface area contributed by atoms with Crippen LogP contribution in [-0.4, -0.2) is 29.3 Å². The molecule has 3 rings (SSSR count). The molecule has 0 aromatic carbocycles. The van der Waals surface area contributed by atoms with Gasteiger partial charge in [-0.1, -0.05) is 6.07 Å². The molecule has 1 amide bonds. The molecule has 0 atom stereocenters. The van der Waals surface area contributed by atoms with Gasteiger partial charge in [0.15, 0.2) is 10.7 Å². The highest BCUT2D eigenvalue weighted by molar-refractivity contribution is 7.90. The Balaban J connectivity index is 2.32. The van der Waals surface area contributed by atoms with Crippen molar-refractivity contribution < 1.29 is 13.2 Å². The van der Waals surface area contributed by atoms with E-state index >= 15 is 0 Å². The number of carbonyl (C=O) groups is 1. The number of sulfonamides is 1. The third-order valence-electron chi connectivity index (χ3n) is 3.03. The van der Waals surface area contributed by atoms with Gasteiger partial charge in [-0.3, -0.25) is 9.78 Å². The van der Waals surface area contributed by atoms with Crippen molar-refractivity contribution in [3.8, 4) is 11.3 Å². The zero-order valence-corrected chi connectivity index (χ0v) is 12.9. The highest BCUT2D eigenvalue weighted by Crippen LogP contribution is 2.27. The molecule has 0 saturated carbocycles. The Morgan fingerprint density at radius 1 is 1.09 bits per heavy atom. The van der Waals surface area contributed by atoms with E-state index in [1.165, 1.54) is 6.20 Å². The van der Waals surface area contributed by atoms with Crippen LogP contribution in [0.1, 0.15) is 6.92 Å². The third-order valence-corrected chi connectivity index (χ3v) is 4.40. The van der Waals surface area contributed by atoms with E-state index in [1.54, 1.807) is 42.6 Å². The molecule has 8 heteroatoms. The summed E-state index contributed by atoms with van der Waals surface area (Å²) < 4.78 is 26.8. The first-order valence-electron chi connectivity index (χ1n) is 6.68.